The highest BCUT2D eigenvalue weighted by Crippen LogP contribution is 2.32. The molecule has 0 aliphatic heterocycles. The first-order valence-corrected chi connectivity index (χ1v) is 6.42. The minimum absolute atomic E-state index is 0.327. The molecule has 1 aromatic heterocycles. The van der Waals surface area contributed by atoms with Crippen LogP contribution in [0.3, 0.4) is 0 Å². The normalized spacial score (nSPS) is 29.5. The number of aromatic nitrogens is 2. The largest absolute Gasteiger partial charge is 0.390 e. The second-order valence-electron chi connectivity index (χ2n) is 5.04. The standard InChI is InChI=1S/C13H22N2O2/c1-3-15-10-11(9-14-15)8-13(16)6-4-12(17-2)5-7-13/h9-10,12,16H,3-8H2,1-2H3. The maximum atomic E-state index is 10.5. The molecule has 1 aliphatic rings. The summed E-state index contributed by atoms with van der Waals surface area (Å²) in [5.74, 6) is 0. The van der Waals surface area contributed by atoms with Gasteiger partial charge in [0.15, 0.2) is 0 Å². The van der Waals surface area contributed by atoms with E-state index in [9.17, 15) is 5.11 Å². The lowest BCUT2D eigenvalue weighted by atomic mass is 9.80. The molecule has 96 valence electrons. The number of ether oxygens (including phenoxy) is 1. The van der Waals surface area contributed by atoms with Crippen LogP contribution in [0.15, 0.2) is 12.4 Å². The molecule has 0 spiro atoms. The zero-order chi connectivity index (χ0) is 12.3. The number of hydrogen-bond donors (Lipinski definition) is 1. The Hall–Kier alpha value is -0.870. The van der Waals surface area contributed by atoms with Gasteiger partial charge in [0.1, 0.15) is 0 Å². The number of nitrogens with zero attached hydrogens (tertiary/aromatic N) is 2. The molecule has 2 rings (SSSR count). The van der Waals surface area contributed by atoms with Crippen molar-refractivity contribution in [3.8, 4) is 0 Å². The van der Waals surface area contributed by atoms with Gasteiger partial charge in [-0.1, -0.05) is 0 Å². The number of methoxy groups -OCH3 is 1. The van der Waals surface area contributed by atoms with Crippen molar-refractivity contribution in [1.29, 1.82) is 0 Å². The monoisotopic (exact) mass is 238 g/mol. The van der Waals surface area contributed by atoms with Gasteiger partial charge in [-0.15, -0.1) is 0 Å². The second-order valence-corrected chi connectivity index (χ2v) is 5.04. The van der Waals surface area contributed by atoms with Gasteiger partial charge in [0, 0.05) is 26.3 Å². The number of hydrogen-bond acceptors (Lipinski definition) is 3. The average molecular weight is 238 g/mol. The van der Waals surface area contributed by atoms with E-state index in [2.05, 4.69) is 12.0 Å². The van der Waals surface area contributed by atoms with E-state index in [0.29, 0.717) is 12.5 Å². The van der Waals surface area contributed by atoms with Gasteiger partial charge < -0.3 is 9.84 Å². The van der Waals surface area contributed by atoms with Crippen LogP contribution >= 0.6 is 0 Å². The summed E-state index contributed by atoms with van der Waals surface area (Å²) < 4.78 is 7.23. The molecule has 4 heteroatoms. The smallest absolute Gasteiger partial charge is 0.0691 e. The van der Waals surface area contributed by atoms with Crippen LogP contribution in [0, 0.1) is 0 Å². The van der Waals surface area contributed by atoms with E-state index >= 15 is 0 Å². The lowest BCUT2D eigenvalue weighted by Crippen LogP contribution is -2.38. The predicted octanol–water partition coefficient (Wildman–Crippen LogP) is 1.77. The maximum absolute atomic E-state index is 10.5. The van der Waals surface area contributed by atoms with E-state index in [0.717, 1.165) is 37.8 Å². The van der Waals surface area contributed by atoms with Gasteiger partial charge >= 0.3 is 0 Å². The van der Waals surface area contributed by atoms with Gasteiger partial charge in [-0.25, -0.2) is 0 Å². The van der Waals surface area contributed by atoms with Crippen molar-refractivity contribution in [1.82, 2.24) is 9.78 Å². The van der Waals surface area contributed by atoms with Crippen molar-refractivity contribution < 1.29 is 9.84 Å². The van der Waals surface area contributed by atoms with Gasteiger partial charge in [0.05, 0.1) is 17.9 Å². The van der Waals surface area contributed by atoms with Gasteiger partial charge in [-0.05, 0) is 38.2 Å². The van der Waals surface area contributed by atoms with Gasteiger partial charge in [-0.3, -0.25) is 4.68 Å². The van der Waals surface area contributed by atoms with Crippen LogP contribution in [0.5, 0.6) is 0 Å². The van der Waals surface area contributed by atoms with Crippen LogP contribution in [-0.4, -0.2) is 33.7 Å². The van der Waals surface area contributed by atoms with Crippen LogP contribution in [0.4, 0.5) is 0 Å². The molecule has 0 aromatic carbocycles. The summed E-state index contributed by atoms with van der Waals surface area (Å²) in [4.78, 5) is 0. The third kappa shape index (κ3) is 3.07. The summed E-state index contributed by atoms with van der Waals surface area (Å²) >= 11 is 0. The van der Waals surface area contributed by atoms with E-state index in [1.54, 1.807) is 7.11 Å². The number of rotatable bonds is 4. The summed E-state index contributed by atoms with van der Waals surface area (Å²) in [6.07, 6.45) is 8.48. The van der Waals surface area contributed by atoms with Crippen molar-refractivity contribution in [2.45, 2.75) is 57.3 Å². The van der Waals surface area contributed by atoms with Crippen LogP contribution in [-0.2, 0) is 17.7 Å². The van der Waals surface area contributed by atoms with Crippen LogP contribution < -0.4 is 0 Å². The second kappa shape index (κ2) is 5.19. The lowest BCUT2D eigenvalue weighted by molar-refractivity contribution is -0.0427. The zero-order valence-corrected chi connectivity index (χ0v) is 10.7. The Morgan fingerprint density at radius 3 is 2.76 bits per heavy atom. The molecule has 1 N–H and O–H groups in total. The summed E-state index contributed by atoms with van der Waals surface area (Å²) in [5.41, 5.74) is 0.571. The highest BCUT2D eigenvalue weighted by Gasteiger charge is 2.33. The first kappa shape index (κ1) is 12.6. The SMILES string of the molecule is CCn1cc(CC2(O)CCC(OC)CC2)cn1. The van der Waals surface area contributed by atoms with Gasteiger partial charge in [0.2, 0.25) is 0 Å². The number of aryl methyl sites for hydroxylation is 1. The first-order chi connectivity index (χ1) is 8.15. The molecule has 0 unspecified atom stereocenters. The molecule has 0 bridgehead atoms. The molecule has 1 aromatic rings. The van der Waals surface area contributed by atoms with E-state index < -0.39 is 5.60 Å². The molecule has 1 heterocycles. The molecule has 1 saturated carbocycles. The van der Waals surface area contributed by atoms with Crippen molar-refractivity contribution in [3.63, 3.8) is 0 Å². The Labute approximate surface area is 103 Å². The molecule has 4 nitrogen and oxygen atoms in total. The van der Waals surface area contributed by atoms with Crippen molar-refractivity contribution in [2.24, 2.45) is 0 Å². The van der Waals surface area contributed by atoms with Crippen molar-refractivity contribution >= 4 is 0 Å². The fraction of sp³-hybridized carbons (Fsp3) is 0.769. The summed E-state index contributed by atoms with van der Waals surface area (Å²) in [5, 5.41) is 14.8. The van der Waals surface area contributed by atoms with E-state index in [1.165, 1.54) is 0 Å². The summed E-state index contributed by atoms with van der Waals surface area (Å²) in [6.45, 7) is 2.94. The highest BCUT2D eigenvalue weighted by molar-refractivity contribution is 5.09. The molecule has 1 fully saturated rings. The van der Waals surface area contributed by atoms with Crippen LogP contribution in [0.25, 0.3) is 0 Å². The molecule has 0 atom stereocenters. The van der Waals surface area contributed by atoms with Gasteiger partial charge in [0.25, 0.3) is 0 Å². The minimum atomic E-state index is -0.559. The quantitative estimate of drug-likeness (QED) is 0.869. The fourth-order valence-electron chi connectivity index (χ4n) is 2.59. The minimum Gasteiger partial charge on any atom is -0.390 e. The molecule has 0 amide bonds. The Morgan fingerprint density at radius 2 is 2.24 bits per heavy atom. The van der Waals surface area contributed by atoms with E-state index in [1.807, 2.05) is 17.1 Å². The third-order valence-electron chi connectivity index (χ3n) is 3.74. The van der Waals surface area contributed by atoms with Crippen LogP contribution in [0.2, 0.25) is 0 Å². The van der Waals surface area contributed by atoms with E-state index in [4.69, 9.17) is 4.74 Å². The fourth-order valence-corrected chi connectivity index (χ4v) is 2.59. The number of aliphatic hydroxyl groups is 1. The van der Waals surface area contributed by atoms with Gasteiger partial charge in [-0.2, -0.15) is 5.10 Å². The molecular formula is C13H22N2O2. The lowest BCUT2D eigenvalue weighted by Gasteiger charge is -2.35. The van der Waals surface area contributed by atoms with Crippen molar-refractivity contribution in [3.05, 3.63) is 18.0 Å². The predicted molar refractivity (Wildman–Crippen MR) is 65.8 cm³/mol. The third-order valence-corrected chi connectivity index (χ3v) is 3.74. The zero-order valence-electron chi connectivity index (χ0n) is 10.7. The molecule has 17 heavy (non-hydrogen) atoms. The summed E-state index contributed by atoms with van der Waals surface area (Å²) in [6, 6.07) is 0. The summed E-state index contributed by atoms with van der Waals surface area (Å²) in [7, 11) is 1.75. The molecule has 0 saturated heterocycles. The highest BCUT2D eigenvalue weighted by atomic mass is 16.5. The van der Waals surface area contributed by atoms with Crippen LogP contribution in [0.1, 0.15) is 38.2 Å². The Kier molecular flexibility index (Phi) is 3.84. The Morgan fingerprint density at radius 1 is 1.53 bits per heavy atom. The van der Waals surface area contributed by atoms with Crippen molar-refractivity contribution in [2.75, 3.05) is 7.11 Å². The first-order valence-electron chi connectivity index (χ1n) is 6.42. The maximum Gasteiger partial charge on any atom is 0.0691 e. The van der Waals surface area contributed by atoms with E-state index in [-0.39, 0.29) is 0 Å². The molecule has 0 radical (unpaired) electrons. The Bertz CT molecular complexity index is 354. The Balaban J connectivity index is 1.94. The molecular weight excluding hydrogens is 216 g/mol. The molecule has 1 aliphatic carbocycles. The topological polar surface area (TPSA) is 47.3 Å². The average Bonchev–Trinajstić information content (AvgIpc) is 2.77.